The number of benzene rings is 1. The van der Waals surface area contributed by atoms with Crippen molar-refractivity contribution in [3.63, 3.8) is 0 Å². The van der Waals surface area contributed by atoms with Crippen molar-refractivity contribution >= 4 is 0 Å². The van der Waals surface area contributed by atoms with Gasteiger partial charge in [-0.3, -0.25) is 4.98 Å². The zero-order valence-corrected chi connectivity index (χ0v) is 11.9. The first-order valence-electron chi connectivity index (χ1n) is 6.72. The molecular weight excluding hydrogens is 232 g/mol. The Bertz CT molecular complexity index is 509. The first-order chi connectivity index (χ1) is 8.97. The van der Waals surface area contributed by atoms with Crippen molar-refractivity contribution in [3.8, 4) is 0 Å². The maximum Gasteiger partial charge on any atom is 0.0351 e. The van der Waals surface area contributed by atoms with Crippen LogP contribution in [0.5, 0.6) is 0 Å². The van der Waals surface area contributed by atoms with E-state index in [1.807, 2.05) is 18.3 Å². The monoisotopic (exact) mass is 254 g/mol. The molecule has 0 aliphatic heterocycles. The topological polar surface area (TPSA) is 38.9 Å². The molecule has 1 heterocycles. The molecule has 0 radical (unpaired) electrons. The summed E-state index contributed by atoms with van der Waals surface area (Å²) in [5, 5.41) is 0. The summed E-state index contributed by atoms with van der Waals surface area (Å²) in [6.45, 7) is 6.68. The van der Waals surface area contributed by atoms with Crippen LogP contribution in [0.3, 0.4) is 0 Å². The Kier molecular flexibility index (Phi) is 4.01. The van der Waals surface area contributed by atoms with E-state index in [9.17, 15) is 0 Å². The van der Waals surface area contributed by atoms with E-state index >= 15 is 0 Å². The standard InChI is InChI=1S/C17H22N2/c1-17(2,3)15-8-6-13(7-9-15)11-16(18)14-5-4-10-19-12-14/h4-10,12,16H,11,18H2,1-3H3. The predicted molar refractivity (Wildman–Crippen MR) is 80.0 cm³/mol. The Hall–Kier alpha value is -1.67. The highest BCUT2D eigenvalue weighted by Crippen LogP contribution is 2.23. The number of aromatic nitrogens is 1. The third kappa shape index (κ3) is 3.65. The van der Waals surface area contributed by atoms with Crippen LogP contribution >= 0.6 is 0 Å². The molecule has 0 saturated carbocycles. The Labute approximate surface area is 115 Å². The number of pyridine rings is 1. The zero-order chi connectivity index (χ0) is 13.9. The summed E-state index contributed by atoms with van der Waals surface area (Å²) in [7, 11) is 0. The second-order valence-corrected chi connectivity index (χ2v) is 6.04. The Balaban J connectivity index is 2.08. The first kappa shape index (κ1) is 13.8. The molecule has 2 N–H and O–H groups in total. The molecule has 0 aliphatic carbocycles. The molecule has 2 rings (SSSR count). The van der Waals surface area contributed by atoms with Crippen LogP contribution in [0.15, 0.2) is 48.8 Å². The molecule has 0 saturated heterocycles. The summed E-state index contributed by atoms with van der Waals surface area (Å²) in [6, 6.07) is 12.7. The smallest absolute Gasteiger partial charge is 0.0351 e. The lowest BCUT2D eigenvalue weighted by Gasteiger charge is -2.19. The van der Waals surface area contributed by atoms with Crippen LogP contribution in [0.1, 0.15) is 43.5 Å². The number of rotatable bonds is 3. The van der Waals surface area contributed by atoms with Crippen molar-refractivity contribution in [2.75, 3.05) is 0 Å². The van der Waals surface area contributed by atoms with Gasteiger partial charge in [0.15, 0.2) is 0 Å². The maximum absolute atomic E-state index is 6.21. The van der Waals surface area contributed by atoms with Gasteiger partial charge in [0.1, 0.15) is 0 Å². The van der Waals surface area contributed by atoms with Gasteiger partial charge in [0.2, 0.25) is 0 Å². The van der Waals surface area contributed by atoms with Gasteiger partial charge < -0.3 is 5.73 Å². The van der Waals surface area contributed by atoms with E-state index in [0.29, 0.717) is 0 Å². The minimum Gasteiger partial charge on any atom is -0.324 e. The summed E-state index contributed by atoms with van der Waals surface area (Å²) in [5.74, 6) is 0. The van der Waals surface area contributed by atoms with Crippen LogP contribution in [0, 0.1) is 0 Å². The Morgan fingerprint density at radius 2 is 1.79 bits per heavy atom. The van der Waals surface area contributed by atoms with Crippen LogP contribution in [0.4, 0.5) is 0 Å². The van der Waals surface area contributed by atoms with E-state index in [1.165, 1.54) is 11.1 Å². The van der Waals surface area contributed by atoms with Crippen LogP contribution in [-0.2, 0) is 11.8 Å². The molecule has 1 atom stereocenters. The van der Waals surface area contributed by atoms with E-state index in [-0.39, 0.29) is 11.5 Å². The molecule has 100 valence electrons. The molecule has 2 heteroatoms. The fraction of sp³-hybridized carbons (Fsp3) is 0.353. The lowest BCUT2D eigenvalue weighted by atomic mass is 9.86. The van der Waals surface area contributed by atoms with Gasteiger partial charge in [-0.1, -0.05) is 51.1 Å². The molecule has 1 unspecified atom stereocenters. The van der Waals surface area contributed by atoms with E-state index in [0.717, 1.165) is 12.0 Å². The number of nitrogens with zero attached hydrogens (tertiary/aromatic N) is 1. The van der Waals surface area contributed by atoms with Crippen molar-refractivity contribution in [1.82, 2.24) is 4.98 Å². The largest absolute Gasteiger partial charge is 0.324 e. The summed E-state index contributed by atoms with van der Waals surface area (Å²) in [6.07, 6.45) is 4.46. The molecular formula is C17H22N2. The zero-order valence-electron chi connectivity index (χ0n) is 11.9. The van der Waals surface area contributed by atoms with Crippen molar-refractivity contribution < 1.29 is 0 Å². The first-order valence-corrected chi connectivity index (χ1v) is 6.72. The summed E-state index contributed by atoms with van der Waals surface area (Å²) in [4.78, 5) is 4.11. The highest BCUT2D eigenvalue weighted by atomic mass is 14.7. The van der Waals surface area contributed by atoms with Gasteiger partial charge in [-0.25, -0.2) is 0 Å². The molecule has 0 bridgehead atoms. The molecule has 0 amide bonds. The fourth-order valence-corrected chi connectivity index (χ4v) is 2.11. The SMILES string of the molecule is CC(C)(C)c1ccc(CC(N)c2cccnc2)cc1. The lowest BCUT2D eigenvalue weighted by Crippen LogP contribution is -2.14. The summed E-state index contributed by atoms with van der Waals surface area (Å²) >= 11 is 0. The third-order valence-corrected chi connectivity index (χ3v) is 3.39. The van der Waals surface area contributed by atoms with E-state index in [1.54, 1.807) is 6.20 Å². The van der Waals surface area contributed by atoms with Crippen LogP contribution in [0.25, 0.3) is 0 Å². The van der Waals surface area contributed by atoms with Crippen molar-refractivity contribution in [2.45, 2.75) is 38.6 Å². The average Bonchev–Trinajstić information content (AvgIpc) is 2.39. The molecule has 0 spiro atoms. The van der Waals surface area contributed by atoms with Crippen LogP contribution in [-0.4, -0.2) is 4.98 Å². The third-order valence-electron chi connectivity index (χ3n) is 3.39. The molecule has 2 nitrogen and oxygen atoms in total. The lowest BCUT2D eigenvalue weighted by molar-refractivity contribution is 0.589. The molecule has 1 aromatic carbocycles. The van der Waals surface area contributed by atoms with E-state index in [2.05, 4.69) is 50.0 Å². The molecule has 19 heavy (non-hydrogen) atoms. The number of hydrogen-bond acceptors (Lipinski definition) is 2. The van der Waals surface area contributed by atoms with Crippen molar-refractivity contribution in [2.24, 2.45) is 5.73 Å². The molecule has 0 fully saturated rings. The van der Waals surface area contributed by atoms with Gasteiger partial charge in [0.25, 0.3) is 0 Å². The van der Waals surface area contributed by atoms with Crippen LogP contribution in [0.2, 0.25) is 0 Å². The van der Waals surface area contributed by atoms with Gasteiger partial charge >= 0.3 is 0 Å². The quantitative estimate of drug-likeness (QED) is 0.908. The second-order valence-electron chi connectivity index (χ2n) is 6.04. The van der Waals surface area contributed by atoms with Crippen molar-refractivity contribution in [3.05, 3.63) is 65.5 Å². The minimum absolute atomic E-state index is 0.00851. The highest BCUT2D eigenvalue weighted by molar-refractivity contribution is 5.29. The normalized spacial score (nSPS) is 13.3. The van der Waals surface area contributed by atoms with Crippen LogP contribution < -0.4 is 5.73 Å². The highest BCUT2D eigenvalue weighted by Gasteiger charge is 2.13. The van der Waals surface area contributed by atoms with Gasteiger partial charge in [-0.05, 0) is 34.6 Å². The van der Waals surface area contributed by atoms with E-state index in [4.69, 9.17) is 5.73 Å². The van der Waals surface area contributed by atoms with E-state index < -0.39 is 0 Å². The predicted octanol–water partition coefficient (Wildman–Crippen LogP) is 3.62. The molecule has 0 aliphatic rings. The number of nitrogens with two attached hydrogens (primary N) is 1. The summed E-state index contributed by atoms with van der Waals surface area (Å²) in [5.41, 5.74) is 10.1. The molecule has 2 aromatic rings. The van der Waals surface area contributed by atoms with Crippen molar-refractivity contribution in [1.29, 1.82) is 0 Å². The Morgan fingerprint density at radius 3 is 2.32 bits per heavy atom. The molecule has 1 aromatic heterocycles. The minimum atomic E-state index is 0.00851. The second kappa shape index (κ2) is 5.54. The maximum atomic E-state index is 6.21. The van der Waals surface area contributed by atoms with Gasteiger partial charge in [-0.15, -0.1) is 0 Å². The van der Waals surface area contributed by atoms with Gasteiger partial charge in [-0.2, -0.15) is 0 Å². The number of hydrogen-bond donors (Lipinski definition) is 1. The van der Waals surface area contributed by atoms with Gasteiger partial charge in [0.05, 0.1) is 0 Å². The average molecular weight is 254 g/mol. The Morgan fingerprint density at radius 1 is 1.11 bits per heavy atom. The fourth-order valence-electron chi connectivity index (χ4n) is 2.11. The van der Waals surface area contributed by atoms with Gasteiger partial charge in [0, 0.05) is 18.4 Å². The summed E-state index contributed by atoms with van der Waals surface area (Å²) < 4.78 is 0.